The van der Waals surface area contributed by atoms with Gasteiger partial charge in [-0.3, -0.25) is 24.6 Å². The molecule has 3 N–H and O–H groups in total. The Labute approximate surface area is 298 Å². The van der Waals surface area contributed by atoms with E-state index in [1.807, 2.05) is 28.9 Å². The lowest BCUT2D eigenvalue weighted by atomic mass is 9.83. The minimum absolute atomic E-state index is 0.0342. The third kappa shape index (κ3) is 7.72. The highest BCUT2D eigenvalue weighted by molar-refractivity contribution is 6.00. The third-order valence-corrected chi connectivity index (χ3v) is 9.74. The fourth-order valence-electron chi connectivity index (χ4n) is 6.77. The molecule has 0 spiro atoms. The summed E-state index contributed by atoms with van der Waals surface area (Å²) in [6.07, 6.45) is 4.01. The van der Waals surface area contributed by atoms with Gasteiger partial charge in [0, 0.05) is 67.5 Å². The van der Waals surface area contributed by atoms with E-state index in [0.29, 0.717) is 67.1 Å². The van der Waals surface area contributed by atoms with Gasteiger partial charge < -0.3 is 15.3 Å². The van der Waals surface area contributed by atoms with Crippen LogP contribution in [0.15, 0.2) is 85.3 Å². The van der Waals surface area contributed by atoms with Crippen LogP contribution in [0.1, 0.15) is 37.4 Å². The van der Waals surface area contributed by atoms with Crippen molar-refractivity contribution in [3.05, 3.63) is 96.6 Å². The van der Waals surface area contributed by atoms with Gasteiger partial charge in [0.25, 0.3) is 0 Å². The largest absolute Gasteiger partial charge is 0.433 e. The Morgan fingerprint density at radius 3 is 2.38 bits per heavy atom. The standard InChI is InChI=1S/C37H35F3N8O2.CH4O/c1-2-36(35(50)44-28-8-9-30-29(21-28)33(46-45-30)27-10-16-41-31(20-27)37(38,39)40)13-19-47(23-36)22-32(49)48-17-11-25(12-18-48)24-4-6-26(7-5-24)34-42-14-3-15-43-34;1-2/h3-11,14-16,20-21H,2,12-13,17-19,22-23H2,1H3,(H,44,50)(H,45,46);2H,1H3. The van der Waals surface area contributed by atoms with Gasteiger partial charge in [-0.15, -0.1) is 0 Å². The number of hydrogen-bond donors (Lipinski definition) is 3. The number of aromatic amines is 1. The number of hydrogen-bond acceptors (Lipinski definition) is 8. The lowest BCUT2D eigenvalue weighted by Crippen LogP contribution is -2.43. The van der Waals surface area contributed by atoms with E-state index in [1.165, 1.54) is 11.6 Å². The van der Waals surface area contributed by atoms with E-state index in [1.54, 1.807) is 36.7 Å². The summed E-state index contributed by atoms with van der Waals surface area (Å²) in [6, 6.07) is 17.6. The van der Waals surface area contributed by atoms with Crippen LogP contribution in [0.5, 0.6) is 0 Å². The summed E-state index contributed by atoms with van der Waals surface area (Å²) >= 11 is 0. The first-order valence-electron chi connectivity index (χ1n) is 17.0. The molecule has 0 bridgehead atoms. The van der Waals surface area contributed by atoms with Crippen LogP contribution in [0.25, 0.3) is 39.1 Å². The van der Waals surface area contributed by atoms with Crippen LogP contribution in [0.2, 0.25) is 0 Å². The van der Waals surface area contributed by atoms with Crippen LogP contribution >= 0.6 is 0 Å². The number of carbonyl (C=O) groups is 2. The van der Waals surface area contributed by atoms with E-state index in [0.717, 1.165) is 36.9 Å². The molecule has 11 nitrogen and oxygen atoms in total. The molecule has 0 radical (unpaired) electrons. The number of pyridine rings is 1. The van der Waals surface area contributed by atoms with E-state index in [4.69, 9.17) is 5.11 Å². The number of benzene rings is 2. The summed E-state index contributed by atoms with van der Waals surface area (Å²) in [5, 5.41) is 17.7. The van der Waals surface area contributed by atoms with Gasteiger partial charge in [0.1, 0.15) is 11.4 Å². The molecular formula is C38H39F3N8O3. The molecule has 2 aliphatic heterocycles. The van der Waals surface area contributed by atoms with Gasteiger partial charge in [0.2, 0.25) is 11.8 Å². The van der Waals surface area contributed by atoms with Gasteiger partial charge in [-0.1, -0.05) is 37.3 Å². The van der Waals surface area contributed by atoms with Crippen molar-refractivity contribution >= 4 is 34.0 Å². The zero-order chi connectivity index (χ0) is 36.9. The average Bonchev–Trinajstić information content (AvgIpc) is 3.80. The molecule has 2 aliphatic rings. The van der Waals surface area contributed by atoms with Crippen LogP contribution in [0, 0.1) is 5.41 Å². The number of aliphatic hydroxyl groups excluding tert-OH is 1. The van der Waals surface area contributed by atoms with Crippen molar-refractivity contribution in [1.29, 1.82) is 0 Å². The number of nitrogens with zero attached hydrogens (tertiary/aromatic N) is 6. The molecule has 5 aromatic rings. The van der Waals surface area contributed by atoms with Crippen molar-refractivity contribution in [2.75, 3.05) is 45.2 Å². The van der Waals surface area contributed by atoms with Gasteiger partial charge in [-0.25, -0.2) is 9.97 Å². The number of aromatic nitrogens is 5. The van der Waals surface area contributed by atoms with Gasteiger partial charge in [-0.05, 0) is 73.3 Å². The Bertz CT molecular complexity index is 2070. The number of rotatable bonds is 8. The minimum Gasteiger partial charge on any atom is -0.400 e. The number of aliphatic hydroxyl groups is 1. The van der Waals surface area contributed by atoms with Crippen molar-refractivity contribution in [3.63, 3.8) is 0 Å². The number of nitrogens with one attached hydrogen (secondary N) is 2. The molecule has 52 heavy (non-hydrogen) atoms. The van der Waals surface area contributed by atoms with E-state index >= 15 is 0 Å². The molecule has 1 fully saturated rings. The Morgan fingerprint density at radius 2 is 1.69 bits per heavy atom. The van der Waals surface area contributed by atoms with Crippen molar-refractivity contribution in [3.8, 4) is 22.6 Å². The number of likely N-dealkylation sites (tertiary alicyclic amines) is 1. The maximum absolute atomic E-state index is 13.8. The molecule has 1 saturated heterocycles. The second-order valence-electron chi connectivity index (χ2n) is 12.8. The highest BCUT2D eigenvalue weighted by Gasteiger charge is 2.44. The zero-order valence-electron chi connectivity index (χ0n) is 28.8. The zero-order valence-corrected chi connectivity index (χ0v) is 28.8. The Balaban J connectivity index is 0.00000228. The number of carbonyl (C=O) groups excluding carboxylic acids is 2. The molecule has 5 heterocycles. The quantitative estimate of drug-likeness (QED) is 0.176. The van der Waals surface area contributed by atoms with Crippen molar-refractivity contribution in [2.24, 2.45) is 5.41 Å². The maximum atomic E-state index is 13.8. The first-order chi connectivity index (χ1) is 25.1. The number of amides is 2. The average molecular weight is 713 g/mol. The summed E-state index contributed by atoms with van der Waals surface area (Å²) in [5.74, 6) is 0.560. The van der Waals surface area contributed by atoms with Crippen LogP contribution in [0.3, 0.4) is 0 Å². The molecule has 2 amide bonds. The van der Waals surface area contributed by atoms with Gasteiger partial charge in [0.15, 0.2) is 5.82 Å². The predicted molar refractivity (Wildman–Crippen MR) is 192 cm³/mol. The molecule has 0 aliphatic carbocycles. The van der Waals surface area contributed by atoms with Crippen LogP contribution in [-0.2, 0) is 15.8 Å². The fraction of sp³-hybridized carbons (Fsp3) is 0.316. The lowest BCUT2D eigenvalue weighted by molar-refractivity contribution is -0.141. The predicted octanol–water partition coefficient (Wildman–Crippen LogP) is 6.07. The second-order valence-corrected chi connectivity index (χ2v) is 12.8. The monoisotopic (exact) mass is 712 g/mol. The topological polar surface area (TPSA) is 140 Å². The molecule has 7 rings (SSSR count). The summed E-state index contributed by atoms with van der Waals surface area (Å²) in [4.78, 5) is 43.1. The Morgan fingerprint density at radius 1 is 0.942 bits per heavy atom. The van der Waals surface area contributed by atoms with E-state index < -0.39 is 17.3 Å². The van der Waals surface area contributed by atoms with Gasteiger partial charge in [0.05, 0.1) is 17.5 Å². The molecule has 270 valence electrons. The molecule has 1 unspecified atom stereocenters. The molecule has 14 heteroatoms. The van der Waals surface area contributed by atoms with E-state index in [-0.39, 0.29) is 23.9 Å². The number of anilines is 1. The molecular weight excluding hydrogens is 673 g/mol. The Kier molecular flexibility index (Phi) is 10.8. The maximum Gasteiger partial charge on any atom is 0.433 e. The van der Waals surface area contributed by atoms with Crippen molar-refractivity contribution < 1.29 is 27.9 Å². The summed E-state index contributed by atoms with van der Waals surface area (Å²) in [5.41, 5.74) is 3.29. The lowest BCUT2D eigenvalue weighted by Gasteiger charge is -2.30. The minimum atomic E-state index is -4.59. The number of fused-ring (bicyclic) bond motifs is 1. The van der Waals surface area contributed by atoms with Crippen LogP contribution in [-0.4, -0.2) is 91.7 Å². The van der Waals surface area contributed by atoms with Crippen LogP contribution < -0.4 is 5.32 Å². The highest BCUT2D eigenvalue weighted by atomic mass is 19.4. The van der Waals surface area contributed by atoms with Crippen molar-refractivity contribution in [1.82, 2.24) is 34.9 Å². The molecule has 0 saturated carbocycles. The Hall–Kier alpha value is -5.47. The van der Waals surface area contributed by atoms with E-state index in [9.17, 15) is 22.8 Å². The van der Waals surface area contributed by atoms with E-state index in [2.05, 4.69) is 48.7 Å². The van der Waals surface area contributed by atoms with Crippen LogP contribution in [0.4, 0.5) is 18.9 Å². The highest BCUT2D eigenvalue weighted by Crippen LogP contribution is 2.37. The SMILES string of the molecule is CCC1(C(=O)Nc2ccc3[nH]nc(-c4ccnc(C(F)(F)F)c4)c3c2)CCN(CC(=O)N2CC=C(c3ccc(-c4ncccn4)cc3)CC2)C1.CO. The second kappa shape index (κ2) is 15.4. The summed E-state index contributed by atoms with van der Waals surface area (Å²) in [7, 11) is 1.00. The summed E-state index contributed by atoms with van der Waals surface area (Å²) in [6.45, 7) is 4.43. The van der Waals surface area contributed by atoms with Gasteiger partial charge >= 0.3 is 6.18 Å². The summed E-state index contributed by atoms with van der Waals surface area (Å²) < 4.78 is 39.9. The van der Waals surface area contributed by atoms with Gasteiger partial charge in [-0.2, -0.15) is 18.3 Å². The van der Waals surface area contributed by atoms with Crippen molar-refractivity contribution in [2.45, 2.75) is 32.4 Å². The number of H-pyrrole nitrogens is 1. The third-order valence-electron chi connectivity index (χ3n) is 9.74. The smallest absolute Gasteiger partial charge is 0.400 e. The molecule has 2 aromatic carbocycles. The fourth-order valence-corrected chi connectivity index (χ4v) is 6.77. The number of halogens is 3. The number of alkyl halides is 3. The normalized spacial score (nSPS) is 17.7. The molecule has 3 aromatic heterocycles. The first kappa shape index (κ1) is 36.3. The molecule has 1 atom stereocenters. The first-order valence-corrected chi connectivity index (χ1v) is 17.0.